The molecule has 0 saturated carbocycles. The van der Waals surface area contributed by atoms with E-state index in [1.165, 1.54) is 37.6 Å². The van der Waals surface area contributed by atoms with Crippen molar-refractivity contribution in [2.45, 2.75) is 6.61 Å². The van der Waals surface area contributed by atoms with Gasteiger partial charge in [-0.3, -0.25) is 4.98 Å². The predicted octanol–water partition coefficient (Wildman–Crippen LogP) is 3.17. The molecule has 0 N–H and O–H groups in total. The smallest absolute Gasteiger partial charge is 0.154 e. The monoisotopic (exact) mass is 235 g/mol. The first-order valence-corrected chi connectivity index (χ1v) is 5.10. The lowest BCUT2D eigenvalue weighted by Crippen LogP contribution is -1.97. The number of ether oxygens (including phenoxy) is 1. The Morgan fingerprint density at radius 1 is 1.12 bits per heavy atom. The van der Waals surface area contributed by atoms with Gasteiger partial charge in [0.2, 0.25) is 0 Å². The maximum atomic E-state index is 14.0. The molecule has 0 aliphatic rings. The molecule has 0 aliphatic heterocycles. The van der Waals surface area contributed by atoms with Gasteiger partial charge in [0.05, 0.1) is 6.61 Å². The van der Waals surface area contributed by atoms with Gasteiger partial charge >= 0.3 is 0 Å². The van der Waals surface area contributed by atoms with Crippen LogP contribution in [0.3, 0.4) is 0 Å². The van der Waals surface area contributed by atoms with Crippen molar-refractivity contribution in [2.24, 2.45) is 0 Å². The molecule has 88 valence electrons. The summed E-state index contributed by atoms with van der Waals surface area (Å²) in [6, 6.07) is 7.11. The average molecular weight is 235 g/mol. The number of benzene rings is 1. The van der Waals surface area contributed by atoms with E-state index in [1.807, 2.05) is 0 Å². The van der Waals surface area contributed by atoms with Crippen LogP contribution in [0, 0.1) is 11.6 Å². The Hall–Kier alpha value is -1.81. The second-order valence-corrected chi connectivity index (χ2v) is 3.57. The summed E-state index contributed by atoms with van der Waals surface area (Å²) in [7, 11) is 1.50. The summed E-state index contributed by atoms with van der Waals surface area (Å²) >= 11 is 0. The third-order valence-corrected chi connectivity index (χ3v) is 2.39. The fraction of sp³-hybridized carbons (Fsp3) is 0.154. The minimum atomic E-state index is -0.430. The zero-order chi connectivity index (χ0) is 12.3. The van der Waals surface area contributed by atoms with Crippen LogP contribution in [0.15, 0.2) is 36.5 Å². The zero-order valence-corrected chi connectivity index (χ0v) is 9.28. The van der Waals surface area contributed by atoms with Crippen LogP contribution in [0.25, 0.3) is 11.3 Å². The van der Waals surface area contributed by atoms with E-state index in [0.717, 1.165) is 0 Å². The van der Waals surface area contributed by atoms with Gasteiger partial charge in [0.1, 0.15) is 11.5 Å². The van der Waals surface area contributed by atoms with Crippen molar-refractivity contribution in [3.05, 3.63) is 53.7 Å². The molecule has 0 spiro atoms. The molecule has 1 heterocycles. The summed E-state index contributed by atoms with van der Waals surface area (Å²) in [5.74, 6) is -0.789. The van der Waals surface area contributed by atoms with Gasteiger partial charge in [0.25, 0.3) is 0 Å². The first kappa shape index (κ1) is 11.7. The number of methoxy groups -OCH3 is 1. The van der Waals surface area contributed by atoms with Crippen molar-refractivity contribution < 1.29 is 13.5 Å². The molecule has 0 aliphatic carbocycles. The van der Waals surface area contributed by atoms with Crippen LogP contribution in [0.5, 0.6) is 0 Å². The molecule has 1 aromatic carbocycles. The van der Waals surface area contributed by atoms with E-state index in [1.54, 1.807) is 6.07 Å². The molecule has 0 radical (unpaired) electrons. The molecule has 2 aromatic rings. The van der Waals surface area contributed by atoms with Crippen LogP contribution in [0.4, 0.5) is 8.78 Å². The fourth-order valence-corrected chi connectivity index (χ4v) is 1.56. The molecule has 0 unspecified atom stereocenters. The normalized spacial score (nSPS) is 10.5. The maximum Gasteiger partial charge on any atom is 0.154 e. The van der Waals surface area contributed by atoms with Crippen LogP contribution in [0.1, 0.15) is 5.56 Å². The van der Waals surface area contributed by atoms with Gasteiger partial charge in [-0.15, -0.1) is 0 Å². The Morgan fingerprint density at radius 2 is 1.82 bits per heavy atom. The van der Waals surface area contributed by atoms with E-state index in [4.69, 9.17) is 4.74 Å². The van der Waals surface area contributed by atoms with Gasteiger partial charge in [-0.05, 0) is 30.3 Å². The Kier molecular flexibility index (Phi) is 3.44. The van der Waals surface area contributed by atoms with E-state index in [0.29, 0.717) is 11.1 Å². The number of hydrogen-bond donors (Lipinski definition) is 0. The van der Waals surface area contributed by atoms with Gasteiger partial charge in [0, 0.05) is 24.4 Å². The highest BCUT2D eigenvalue weighted by Crippen LogP contribution is 2.23. The third-order valence-electron chi connectivity index (χ3n) is 2.39. The Labute approximate surface area is 97.9 Å². The fourth-order valence-electron chi connectivity index (χ4n) is 1.56. The van der Waals surface area contributed by atoms with E-state index in [-0.39, 0.29) is 18.1 Å². The standard InChI is InChI=1S/C13H11F2NO/c1-17-8-10-6-7-16-13(12(10)15)9-2-4-11(14)5-3-9/h2-7H,8H2,1H3. The van der Waals surface area contributed by atoms with Crippen LogP contribution in [0.2, 0.25) is 0 Å². The molecule has 4 heteroatoms. The molecule has 0 amide bonds. The second kappa shape index (κ2) is 5.01. The van der Waals surface area contributed by atoms with E-state index >= 15 is 0 Å². The molecule has 2 rings (SSSR count). The summed E-state index contributed by atoms with van der Waals surface area (Å²) in [6.07, 6.45) is 1.51. The Morgan fingerprint density at radius 3 is 2.47 bits per heavy atom. The second-order valence-electron chi connectivity index (χ2n) is 3.57. The van der Waals surface area contributed by atoms with Crippen molar-refractivity contribution in [3.63, 3.8) is 0 Å². The summed E-state index contributed by atoms with van der Waals surface area (Å²) in [5.41, 5.74) is 1.18. The molecule has 0 fully saturated rings. The predicted molar refractivity (Wildman–Crippen MR) is 60.3 cm³/mol. The lowest BCUT2D eigenvalue weighted by Gasteiger charge is -2.06. The molecule has 1 aromatic heterocycles. The van der Waals surface area contributed by atoms with Crippen molar-refractivity contribution in [1.82, 2.24) is 4.98 Å². The number of pyridine rings is 1. The van der Waals surface area contributed by atoms with Gasteiger partial charge in [0.15, 0.2) is 5.82 Å². The topological polar surface area (TPSA) is 22.1 Å². The largest absolute Gasteiger partial charge is 0.380 e. The molecule has 0 bridgehead atoms. The summed E-state index contributed by atoms with van der Waals surface area (Å²) < 4.78 is 31.7. The Balaban J connectivity index is 2.45. The van der Waals surface area contributed by atoms with Crippen LogP contribution >= 0.6 is 0 Å². The van der Waals surface area contributed by atoms with Gasteiger partial charge < -0.3 is 4.74 Å². The first-order chi connectivity index (χ1) is 8.22. The molecule has 2 nitrogen and oxygen atoms in total. The Bertz CT molecular complexity index is 511. The lowest BCUT2D eigenvalue weighted by molar-refractivity contribution is 0.181. The number of hydrogen-bond acceptors (Lipinski definition) is 2. The van der Waals surface area contributed by atoms with Crippen LogP contribution in [-0.2, 0) is 11.3 Å². The van der Waals surface area contributed by atoms with E-state index in [9.17, 15) is 8.78 Å². The van der Waals surface area contributed by atoms with E-state index < -0.39 is 5.82 Å². The molecule has 17 heavy (non-hydrogen) atoms. The quantitative estimate of drug-likeness (QED) is 0.815. The maximum absolute atomic E-state index is 14.0. The van der Waals surface area contributed by atoms with Crippen molar-refractivity contribution >= 4 is 0 Å². The molecule has 0 atom stereocenters. The van der Waals surface area contributed by atoms with Gasteiger partial charge in [-0.1, -0.05) is 0 Å². The summed E-state index contributed by atoms with van der Waals surface area (Å²) in [6.45, 7) is 0.183. The lowest BCUT2D eigenvalue weighted by atomic mass is 10.1. The first-order valence-electron chi connectivity index (χ1n) is 5.10. The van der Waals surface area contributed by atoms with Crippen LogP contribution < -0.4 is 0 Å². The molecule has 0 saturated heterocycles. The molecular weight excluding hydrogens is 224 g/mol. The number of rotatable bonds is 3. The highest BCUT2D eigenvalue weighted by atomic mass is 19.1. The third kappa shape index (κ3) is 2.47. The highest BCUT2D eigenvalue weighted by molar-refractivity contribution is 5.60. The highest BCUT2D eigenvalue weighted by Gasteiger charge is 2.11. The summed E-state index contributed by atoms with van der Waals surface area (Å²) in [4.78, 5) is 3.97. The van der Waals surface area contributed by atoms with Crippen LogP contribution in [-0.4, -0.2) is 12.1 Å². The number of aromatic nitrogens is 1. The molecular formula is C13H11F2NO. The van der Waals surface area contributed by atoms with E-state index in [2.05, 4.69) is 4.98 Å². The SMILES string of the molecule is COCc1ccnc(-c2ccc(F)cc2)c1F. The van der Waals surface area contributed by atoms with Gasteiger partial charge in [-0.2, -0.15) is 0 Å². The minimum Gasteiger partial charge on any atom is -0.380 e. The average Bonchev–Trinajstić information content (AvgIpc) is 2.34. The van der Waals surface area contributed by atoms with Crippen molar-refractivity contribution in [3.8, 4) is 11.3 Å². The number of nitrogens with zero attached hydrogens (tertiary/aromatic N) is 1. The zero-order valence-electron chi connectivity index (χ0n) is 9.28. The minimum absolute atomic E-state index is 0.183. The van der Waals surface area contributed by atoms with Crippen molar-refractivity contribution in [1.29, 1.82) is 0 Å². The van der Waals surface area contributed by atoms with Gasteiger partial charge in [-0.25, -0.2) is 8.78 Å². The number of halogens is 2. The summed E-state index contributed by atoms with van der Waals surface area (Å²) in [5, 5.41) is 0. The van der Waals surface area contributed by atoms with Crippen molar-refractivity contribution in [2.75, 3.05) is 7.11 Å².